The van der Waals surface area contributed by atoms with Gasteiger partial charge in [0.05, 0.1) is 12.2 Å². The Morgan fingerprint density at radius 1 is 1.04 bits per heavy atom. The number of aromatic amines is 1. The van der Waals surface area contributed by atoms with E-state index in [2.05, 4.69) is 21.1 Å². The first-order valence-electron chi connectivity index (χ1n) is 8.15. The summed E-state index contributed by atoms with van der Waals surface area (Å²) in [4.78, 5) is 35.2. The number of anilines is 1. The van der Waals surface area contributed by atoms with Crippen molar-refractivity contribution in [2.45, 2.75) is 6.54 Å². The number of hydrogen-bond acceptors (Lipinski definition) is 4. The van der Waals surface area contributed by atoms with E-state index < -0.39 is 0 Å². The van der Waals surface area contributed by atoms with Crippen molar-refractivity contribution in [1.29, 1.82) is 0 Å². The van der Waals surface area contributed by atoms with Gasteiger partial charge in [0.15, 0.2) is 0 Å². The largest absolute Gasteiger partial charge is 0.302 e. The van der Waals surface area contributed by atoms with Gasteiger partial charge in [-0.05, 0) is 17.2 Å². The molecule has 0 aliphatic carbocycles. The molecular formula is C19H13N5O2. The van der Waals surface area contributed by atoms with Gasteiger partial charge in [-0.3, -0.25) is 14.7 Å². The molecule has 7 nitrogen and oxygen atoms in total. The lowest BCUT2D eigenvalue weighted by Crippen LogP contribution is -2.34. The van der Waals surface area contributed by atoms with Gasteiger partial charge in [0.25, 0.3) is 17.2 Å². The molecule has 0 saturated carbocycles. The maximum absolute atomic E-state index is 13.2. The van der Waals surface area contributed by atoms with Crippen molar-refractivity contribution in [2.75, 3.05) is 4.90 Å². The summed E-state index contributed by atoms with van der Waals surface area (Å²) < 4.78 is 1.19. The normalized spacial score (nSPS) is 12.7. The van der Waals surface area contributed by atoms with E-state index in [1.165, 1.54) is 16.9 Å². The Hall–Kier alpha value is -3.74. The molecule has 1 amide bonds. The van der Waals surface area contributed by atoms with E-state index in [4.69, 9.17) is 0 Å². The van der Waals surface area contributed by atoms with Crippen molar-refractivity contribution in [3.05, 3.63) is 82.5 Å². The Balaban J connectivity index is 1.66. The number of carbonyl (C=O) groups excluding carboxylic acids is 1. The van der Waals surface area contributed by atoms with Gasteiger partial charge in [-0.25, -0.2) is 9.97 Å². The lowest BCUT2D eigenvalue weighted by molar-refractivity contribution is 0.0980. The summed E-state index contributed by atoms with van der Waals surface area (Å²) in [5.74, 6) is -0.152. The van der Waals surface area contributed by atoms with Crippen molar-refractivity contribution in [2.24, 2.45) is 0 Å². The summed E-state index contributed by atoms with van der Waals surface area (Å²) in [5.41, 5.74) is 3.67. The first-order chi connectivity index (χ1) is 12.7. The van der Waals surface area contributed by atoms with Crippen LogP contribution in [0.4, 0.5) is 5.69 Å². The second-order valence-electron chi connectivity index (χ2n) is 6.07. The van der Waals surface area contributed by atoms with Crippen LogP contribution in [-0.2, 0) is 6.54 Å². The number of rotatable bonds is 1. The zero-order chi connectivity index (χ0) is 17.7. The number of H-pyrrole nitrogens is 1. The van der Waals surface area contributed by atoms with Crippen LogP contribution in [0.15, 0.2) is 65.7 Å². The Kier molecular flexibility index (Phi) is 3.02. The standard InChI is InChI=1S/C19H13N5O2/c25-17-9-15(22-19-20-11-21-24(17)19)18(26)23-10-12-5-1-2-6-13(12)14-7-3-4-8-16(14)23/h1-9,11H,10H2,(H,20,21,22). The first kappa shape index (κ1) is 14.6. The summed E-state index contributed by atoms with van der Waals surface area (Å²) in [5, 5.41) is 2.67. The van der Waals surface area contributed by atoms with E-state index >= 15 is 0 Å². The molecule has 0 unspecified atom stereocenters. The number of para-hydroxylation sites is 1. The molecule has 0 bridgehead atoms. The number of amides is 1. The monoisotopic (exact) mass is 343 g/mol. The van der Waals surface area contributed by atoms with Crippen molar-refractivity contribution in [1.82, 2.24) is 19.6 Å². The van der Waals surface area contributed by atoms with Gasteiger partial charge in [0, 0.05) is 11.6 Å². The Bertz CT molecular complexity index is 1220. The zero-order valence-electron chi connectivity index (χ0n) is 13.6. The molecule has 0 atom stereocenters. The van der Waals surface area contributed by atoms with Crippen LogP contribution in [0.2, 0.25) is 0 Å². The van der Waals surface area contributed by atoms with Gasteiger partial charge in [-0.1, -0.05) is 42.5 Å². The first-order valence-corrected chi connectivity index (χ1v) is 8.15. The molecule has 126 valence electrons. The SMILES string of the molecule is O=C(c1cc(=O)n2[nH]cnc2n1)N1Cc2ccccc2-c2ccccc21. The van der Waals surface area contributed by atoms with E-state index in [0.29, 0.717) is 6.54 Å². The summed E-state index contributed by atoms with van der Waals surface area (Å²) in [6.07, 6.45) is 1.37. The molecule has 0 fully saturated rings. The molecule has 0 spiro atoms. The molecule has 1 N–H and O–H groups in total. The summed E-state index contributed by atoms with van der Waals surface area (Å²) in [6.45, 7) is 0.424. The van der Waals surface area contributed by atoms with Crippen LogP contribution < -0.4 is 10.5 Å². The molecule has 26 heavy (non-hydrogen) atoms. The lowest BCUT2D eigenvalue weighted by atomic mass is 9.93. The van der Waals surface area contributed by atoms with E-state index in [1.807, 2.05) is 42.5 Å². The molecule has 0 radical (unpaired) electrons. The minimum Gasteiger partial charge on any atom is -0.302 e. The summed E-state index contributed by atoms with van der Waals surface area (Å²) >= 11 is 0. The number of fused-ring (bicyclic) bond motifs is 4. The van der Waals surface area contributed by atoms with Gasteiger partial charge >= 0.3 is 0 Å². The molecule has 1 aliphatic heterocycles. The predicted octanol–water partition coefficient (Wildman–Crippen LogP) is 2.24. The average Bonchev–Trinajstić information content (AvgIpc) is 3.16. The van der Waals surface area contributed by atoms with E-state index in [9.17, 15) is 9.59 Å². The van der Waals surface area contributed by atoms with Crippen molar-refractivity contribution >= 4 is 17.4 Å². The highest BCUT2D eigenvalue weighted by Gasteiger charge is 2.28. The molecule has 0 saturated heterocycles. The van der Waals surface area contributed by atoms with Gasteiger partial charge in [-0.15, -0.1) is 0 Å². The van der Waals surface area contributed by atoms with Crippen LogP contribution in [0.5, 0.6) is 0 Å². The van der Waals surface area contributed by atoms with Gasteiger partial charge in [-0.2, -0.15) is 4.52 Å². The smallest absolute Gasteiger partial charge is 0.277 e. The average molecular weight is 343 g/mol. The highest BCUT2D eigenvalue weighted by molar-refractivity contribution is 6.08. The summed E-state index contributed by atoms with van der Waals surface area (Å²) in [7, 11) is 0. The zero-order valence-corrected chi connectivity index (χ0v) is 13.6. The minimum absolute atomic E-state index is 0.0799. The molecule has 4 aromatic rings. The molecule has 2 aromatic heterocycles. The molecule has 3 heterocycles. The van der Waals surface area contributed by atoms with E-state index in [-0.39, 0.29) is 22.9 Å². The third-order valence-corrected chi connectivity index (χ3v) is 4.56. The molecular weight excluding hydrogens is 330 g/mol. The maximum atomic E-state index is 13.2. The highest BCUT2D eigenvalue weighted by Crippen LogP contribution is 2.39. The van der Waals surface area contributed by atoms with Crippen LogP contribution in [0.25, 0.3) is 16.9 Å². The number of carbonyl (C=O) groups is 1. The Morgan fingerprint density at radius 3 is 2.69 bits per heavy atom. The number of aromatic nitrogens is 4. The lowest BCUT2D eigenvalue weighted by Gasteiger charge is -2.31. The van der Waals surface area contributed by atoms with Gasteiger partial charge in [0.2, 0.25) is 0 Å². The summed E-state index contributed by atoms with van der Waals surface area (Å²) in [6, 6.07) is 17.0. The van der Waals surface area contributed by atoms with Crippen LogP contribution in [0, 0.1) is 0 Å². The van der Waals surface area contributed by atoms with Crippen LogP contribution >= 0.6 is 0 Å². The molecule has 1 aliphatic rings. The third kappa shape index (κ3) is 2.07. The van der Waals surface area contributed by atoms with Crippen LogP contribution in [-0.4, -0.2) is 25.5 Å². The molecule has 5 rings (SSSR count). The predicted molar refractivity (Wildman–Crippen MR) is 96.0 cm³/mol. The minimum atomic E-state index is -0.374. The van der Waals surface area contributed by atoms with Crippen LogP contribution in [0.1, 0.15) is 16.1 Å². The number of nitrogens with zero attached hydrogens (tertiary/aromatic N) is 4. The van der Waals surface area contributed by atoms with Crippen molar-refractivity contribution in [3.8, 4) is 11.1 Å². The third-order valence-electron chi connectivity index (χ3n) is 4.56. The number of hydrogen-bond donors (Lipinski definition) is 1. The van der Waals surface area contributed by atoms with Gasteiger partial charge < -0.3 is 4.90 Å². The second-order valence-corrected chi connectivity index (χ2v) is 6.07. The number of benzene rings is 2. The fourth-order valence-electron chi connectivity index (χ4n) is 3.36. The topological polar surface area (TPSA) is 83.4 Å². The molecule has 2 aromatic carbocycles. The number of nitrogens with one attached hydrogen (secondary N) is 1. The fourth-order valence-corrected chi connectivity index (χ4v) is 3.36. The fraction of sp³-hybridized carbons (Fsp3) is 0.0526. The van der Waals surface area contributed by atoms with E-state index in [0.717, 1.165) is 22.4 Å². The quantitative estimate of drug-likeness (QED) is 0.574. The van der Waals surface area contributed by atoms with Crippen LogP contribution in [0.3, 0.4) is 0 Å². The van der Waals surface area contributed by atoms with Crippen molar-refractivity contribution in [3.63, 3.8) is 0 Å². The Labute approximate surface area is 147 Å². The molecule has 7 heteroatoms. The second kappa shape index (κ2) is 5.38. The maximum Gasteiger partial charge on any atom is 0.277 e. The van der Waals surface area contributed by atoms with Gasteiger partial charge in [0.1, 0.15) is 12.0 Å². The van der Waals surface area contributed by atoms with E-state index in [1.54, 1.807) is 4.90 Å². The highest BCUT2D eigenvalue weighted by atomic mass is 16.2. The Morgan fingerprint density at radius 2 is 1.81 bits per heavy atom. The van der Waals surface area contributed by atoms with Crippen molar-refractivity contribution < 1.29 is 4.79 Å².